The summed E-state index contributed by atoms with van der Waals surface area (Å²) in [6, 6.07) is 0.461. The van der Waals surface area contributed by atoms with Gasteiger partial charge in [-0.25, -0.2) is 4.68 Å². The average molecular weight is 279 g/mol. The summed E-state index contributed by atoms with van der Waals surface area (Å²) in [6.45, 7) is 7.80. The summed E-state index contributed by atoms with van der Waals surface area (Å²) in [7, 11) is 0. The Hall–Kier alpha value is -1.43. The predicted octanol–water partition coefficient (Wildman–Crippen LogP) is 1.18. The molecule has 0 aliphatic heterocycles. The molecule has 1 aliphatic rings. The molecule has 0 radical (unpaired) electrons. The highest BCUT2D eigenvalue weighted by Crippen LogP contribution is 2.18. The first-order valence-electron chi connectivity index (χ1n) is 7.37. The van der Waals surface area contributed by atoms with E-state index in [-0.39, 0.29) is 11.4 Å². The summed E-state index contributed by atoms with van der Waals surface area (Å²) in [6.07, 6.45) is 5.71. The summed E-state index contributed by atoms with van der Waals surface area (Å²) in [4.78, 5) is 11.5. The molecule has 2 N–H and O–H groups in total. The highest BCUT2D eigenvalue weighted by atomic mass is 16.1. The van der Waals surface area contributed by atoms with E-state index in [1.54, 1.807) is 0 Å². The van der Waals surface area contributed by atoms with E-state index < -0.39 is 0 Å². The molecule has 1 fully saturated rings. The van der Waals surface area contributed by atoms with Crippen molar-refractivity contribution in [2.24, 2.45) is 0 Å². The van der Waals surface area contributed by atoms with E-state index in [1.165, 1.54) is 0 Å². The van der Waals surface area contributed by atoms with Crippen LogP contribution in [0.2, 0.25) is 0 Å². The summed E-state index contributed by atoms with van der Waals surface area (Å²) < 4.78 is 1.87. The Labute approximate surface area is 120 Å². The van der Waals surface area contributed by atoms with Crippen molar-refractivity contribution in [2.45, 2.75) is 64.6 Å². The van der Waals surface area contributed by atoms with Gasteiger partial charge in [0, 0.05) is 19.0 Å². The Balaban J connectivity index is 1.58. The summed E-state index contributed by atoms with van der Waals surface area (Å²) >= 11 is 0. The molecule has 20 heavy (non-hydrogen) atoms. The van der Waals surface area contributed by atoms with Gasteiger partial charge in [-0.1, -0.05) is 5.21 Å². The Bertz CT molecular complexity index is 445. The number of nitrogens with one attached hydrogen (secondary N) is 2. The third kappa shape index (κ3) is 4.92. The molecule has 2 rings (SSSR count). The first kappa shape index (κ1) is 15.0. The van der Waals surface area contributed by atoms with Crippen LogP contribution in [0, 0.1) is 0 Å². The molecule has 112 valence electrons. The average Bonchev–Trinajstić information content (AvgIpc) is 3.02. The zero-order valence-electron chi connectivity index (χ0n) is 12.6. The zero-order valence-corrected chi connectivity index (χ0v) is 12.6. The minimum absolute atomic E-state index is 0.0356. The Morgan fingerprint density at radius 2 is 2.20 bits per heavy atom. The molecule has 6 heteroatoms. The zero-order chi connectivity index (χ0) is 14.6. The van der Waals surface area contributed by atoms with Gasteiger partial charge in [-0.05, 0) is 46.6 Å². The van der Waals surface area contributed by atoms with Crippen LogP contribution in [0.4, 0.5) is 0 Å². The quantitative estimate of drug-likeness (QED) is 0.735. The van der Waals surface area contributed by atoms with Gasteiger partial charge in [0.15, 0.2) is 0 Å². The number of hydrogen-bond donors (Lipinski definition) is 2. The highest BCUT2D eigenvalue weighted by molar-refractivity contribution is 5.76. The summed E-state index contributed by atoms with van der Waals surface area (Å²) in [5.41, 5.74) is 0.897. The van der Waals surface area contributed by atoms with E-state index in [0.29, 0.717) is 19.0 Å². The van der Waals surface area contributed by atoms with Gasteiger partial charge >= 0.3 is 0 Å². The predicted molar refractivity (Wildman–Crippen MR) is 77.1 cm³/mol. The SMILES string of the molecule is CC(C)(C)n1cc(CNCCCC(=O)NC2CC2)nn1. The number of aromatic nitrogens is 3. The topological polar surface area (TPSA) is 71.8 Å². The van der Waals surface area contributed by atoms with Crippen molar-refractivity contribution in [2.75, 3.05) is 6.54 Å². The lowest BCUT2D eigenvalue weighted by molar-refractivity contribution is -0.121. The van der Waals surface area contributed by atoms with Gasteiger partial charge in [-0.2, -0.15) is 0 Å². The van der Waals surface area contributed by atoms with Crippen LogP contribution in [0.3, 0.4) is 0 Å². The number of amides is 1. The second-order valence-corrected chi connectivity index (χ2v) is 6.45. The van der Waals surface area contributed by atoms with Crippen LogP contribution in [-0.4, -0.2) is 33.5 Å². The van der Waals surface area contributed by atoms with Crippen LogP contribution in [0.5, 0.6) is 0 Å². The number of rotatable bonds is 7. The van der Waals surface area contributed by atoms with Gasteiger partial charge in [0.2, 0.25) is 5.91 Å². The van der Waals surface area contributed by atoms with Gasteiger partial charge in [-0.15, -0.1) is 5.10 Å². The van der Waals surface area contributed by atoms with Crippen molar-refractivity contribution in [1.29, 1.82) is 0 Å². The van der Waals surface area contributed by atoms with Crippen molar-refractivity contribution < 1.29 is 4.79 Å². The van der Waals surface area contributed by atoms with Gasteiger partial charge < -0.3 is 10.6 Å². The molecule has 1 heterocycles. The van der Waals surface area contributed by atoms with Gasteiger partial charge in [0.25, 0.3) is 0 Å². The molecule has 0 unspecified atom stereocenters. The molecule has 6 nitrogen and oxygen atoms in total. The van der Waals surface area contributed by atoms with E-state index >= 15 is 0 Å². The Kier molecular flexibility index (Phi) is 4.75. The summed E-state index contributed by atoms with van der Waals surface area (Å²) in [5.74, 6) is 0.174. The normalized spacial score (nSPS) is 15.3. The van der Waals surface area contributed by atoms with Crippen molar-refractivity contribution in [3.63, 3.8) is 0 Å². The Morgan fingerprint density at radius 3 is 2.80 bits per heavy atom. The fourth-order valence-electron chi connectivity index (χ4n) is 1.83. The standard InChI is InChI=1S/C14H25N5O/c1-14(2,3)19-10-12(17-18-19)9-15-8-4-5-13(20)16-11-6-7-11/h10-11,15H,4-9H2,1-3H3,(H,16,20). The molecule has 1 aromatic rings. The number of carbonyl (C=O) groups is 1. The van der Waals surface area contributed by atoms with Crippen molar-refractivity contribution in [3.8, 4) is 0 Å². The van der Waals surface area contributed by atoms with Crippen molar-refractivity contribution in [3.05, 3.63) is 11.9 Å². The maximum Gasteiger partial charge on any atom is 0.220 e. The molecular formula is C14H25N5O. The van der Waals surface area contributed by atoms with Crippen molar-refractivity contribution in [1.82, 2.24) is 25.6 Å². The molecule has 1 saturated carbocycles. The van der Waals surface area contributed by atoms with Crippen LogP contribution < -0.4 is 10.6 Å². The van der Waals surface area contributed by atoms with Crippen LogP contribution in [0.15, 0.2) is 6.20 Å². The molecule has 1 amide bonds. The number of nitrogens with zero attached hydrogens (tertiary/aromatic N) is 3. The fourth-order valence-corrected chi connectivity index (χ4v) is 1.83. The highest BCUT2D eigenvalue weighted by Gasteiger charge is 2.22. The monoisotopic (exact) mass is 279 g/mol. The van der Waals surface area contributed by atoms with E-state index in [0.717, 1.165) is 31.5 Å². The molecule has 0 bridgehead atoms. The lowest BCUT2D eigenvalue weighted by Gasteiger charge is -2.17. The largest absolute Gasteiger partial charge is 0.353 e. The maximum atomic E-state index is 11.5. The minimum Gasteiger partial charge on any atom is -0.353 e. The third-order valence-electron chi connectivity index (χ3n) is 3.23. The molecule has 1 aromatic heterocycles. The molecule has 0 aromatic carbocycles. The van der Waals surface area contributed by atoms with Crippen LogP contribution >= 0.6 is 0 Å². The first-order valence-corrected chi connectivity index (χ1v) is 7.37. The minimum atomic E-state index is -0.0356. The molecule has 0 atom stereocenters. The molecule has 1 aliphatic carbocycles. The molecule has 0 spiro atoms. The lowest BCUT2D eigenvalue weighted by Crippen LogP contribution is -2.26. The van der Waals surface area contributed by atoms with Gasteiger partial charge in [0.1, 0.15) is 0 Å². The van der Waals surface area contributed by atoms with E-state index in [4.69, 9.17) is 0 Å². The molecular weight excluding hydrogens is 254 g/mol. The van der Waals surface area contributed by atoms with Crippen LogP contribution in [0.25, 0.3) is 0 Å². The Morgan fingerprint density at radius 1 is 1.45 bits per heavy atom. The van der Waals surface area contributed by atoms with Crippen LogP contribution in [-0.2, 0) is 16.9 Å². The maximum absolute atomic E-state index is 11.5. The third-order valence-corrected chi connectivity index (χ3v) is 3.23. The fraction of sp³-hybridized carbons (Fsp3) is 0.786. The second-order valence-electron chi connectivity index (χ2n) is 6.45. The van der Waals surface area contributed by atoms with Gasteiger partial charge in [-0.3, -0.25) is 4.79 Å². The smallest absolute Gasteiger partial charge is 0.220 e. The lowest BCUT2D eigenvalue weighted by atomic mass is 10.1. The van der Waals surface area contributed by atoms with Gasteiger partial charge in [0.05, 0.1) is 17.4 Å². The number of carbonyl (C=O) groups excluding carboxylic acids is 1. The van der Waals surface area contributed by atoms with Crippen LogP contribution in [0.1, 0.15) is 52.1 Å². The molecule has 0 saturated heterocycles. The van der Waals surface area contributed by atoms with E-state index in [1.807, 2.05) is 10.9 Å². The second kappa shape index (κ2) is 6.35. The van der Waals surface area contributed by atoms with Crippen molar-refractivity contribution >= 4 is 5.91 Å². The summed E-state index contributed by atoms with van der Waals surface area (Å²) in [5, 5.41) is 14.5. The van der Waals surface area contributed by atoms with E-state index in [9.17, 15) is 4.79 Å². The first-order chi connectivity index (χ1) is 9.45. The number of hydrogen-bond acceptors (Lipinski definition) is 4. The van der Waals surface area contributed by atoms with E-state index in [2.05, 4.69) is 41.7 Å².